The second-order valence-corrected chi connectivity index (χ2v) is 4.98. The van der Waals surface area contributed by atoms with Gasteiger partial charge in [-0.3, -0.25) is 4.98 Å². The Kier molecular flexibility index (Phi) is 5.13. The van der Waals surface area contributed by atoms with Crippen molar-refractivity contribution in [3.8, 4) is 5.75 Å². The lowest BCUT2D eigenvalue weighted by atomic mass is 9.99. The lowest BCUT2D eigenvalue weighted by Crippen LogP contribution is -2.06. The highest BCUT2D eigenvalue weighted by atomic mass is 16.5. The molecule has 1 heterocycles. The van der Waals surface area contributed by atoms with Crippen LogP contribution in [0.15, 0.2) is 42.6 Å². The van der Waals surface area contributed by atoms with Crippen molar-refractivity contribution in [2.75, 3.05) is 0 Å². The number of rotatable bonds is 6. The Morgan fingerprint density at radius 1 is 1.20 bits per heavy atom. The normalized spacial score (nSPS) is 12.2. The van der Waals surface area contributed by atoms with Crippen LogP contribution >= 0.6 is 0 Å². The molecule has 0 fully saturated rings. The van der Waals surface area contributed by atoms with E-state index in [1.54, 1.807) is 6.20 Å². The summed E-state index contributed by atoms with van der Waals surface area (Å²) in [6, 6.07) is 12.2. The molecule has 0 saturated heterocycles. The molecule has 0 aliphatic heterocycles. The van der Waals surface area contributed by atoms with Crippen molar-refractivity contribution >= 4 is 0 Å². The van der Waals surface area contributed by atoms with Crippen molar-refractivity contribution in [3.05, 3.63) is 59.4 Å². The molecule has 0 aliphatic carbocycles. The number of pyridine rings is 1. The van der Waals surface area contributed by atoms with Crippen molar-refractivity contribution < 1.29 is 4.74 Å². The Labute approximate surface area is 120 Å². The predicted octanol–water partition coefficient (Wildman–Crippen LogP) is 3.63. The van der Waals surface area contributed by atoms with Gasteiger partial charge in [-0.2, -0.15) is 0 Å². The molecule has 0 aliphatic rings. The van der Waals surface area contributed by atoms with Gasteiger partial charge in [0.05, 0.1) is 5.69 Å². The van der Waals surface area contributed by atoms with Crippen molar-refractivity contribution in [2.24, 2.45) is 5.73 Å². The molecule has 3 nitrogen and oxygen atoms in total. The van der Waals surface area contributed by atoms with E-state index in [9.17, 15) is 0 Å². The summed E-state index contributed by atoms with van der Waals surface area (Å²) < 4.78 is 5.81. The third-order valence-corrected chi connectivity index (χ3v) is 3.63. The number of ether oxygens (including phenoxy) is 1. The molecule has 0 bridgehead atoms. The third-order valence-electron chi connectivity index (χ3n) is 3.63. The van der Waals surface area contributed by atoms with Gasteiger partial charge < -0.3 is 10.5 Å². The van der Waals surface area contributed by atoms with E-state index in [1.807, 2.05) is 24.3 Å². The van der Waals surface area contributed by atoms with E-state index in [0.29, 0.717) is 19.1 Å². The topological polar surface area (TPSA) is 48.1 Å². The van der Waals surface area contributed by atoms with Gasteiger partial charge in [0, 0.05) is 18.3 Å². The molecule has 106 valence electrons. The van der Waals surface area contributed by atoms with Gasteiger partial charge in [-0.1, -0.05) is 32.0 Å². The molecule has 1 aromatic heterocycles. The van der Waals surface area contributed by atoms with E-state index >= 15 is 0 Å². The van der Waals surface area contributed by atoms with Gasteiger partial charge in [-0.25, -0.2) is 0 Å². The minimum absolute atomic E-state index is 0.437. The van der Waals surface area contributed by atoms with Crippen LogP contribution in [0.25, 0.3) is 0 Å². The fourth-order valence-corrected chi connectivity index (χ4v) is 2.08. The Bertz CT molecular complexity index is 537. The quantitative estimate of drug-likeness (QED) is 0.872. The van der Waals surface area contributed by atoms with E-state index < -0.39 is 0 Å². The monoisotopic (exact) mass is 270 g/mol. The smallest absolute Gasteiger partial charge is 0.119 e. The number of nitrogens with zero attached hydrogens (tertiary/aromatic N) is 1. The maximum atomic E-state index is 5.81. The molecule has 0 spiro atoms. The van der Waals surface area contributed by atoms with Crippen LogP contribution in [0.5, 0.6) is 5.75 Å². The van der Waals surface area contributed by atoms with E-state index in [0.717, 1.165) is 23.4 Å². The van der Waals surface area contributed by atoms with Gasteiger partial charge >= 0.3 is 0 Å². The summed E-state index contributed by atoms with van der Waals surface area (Å²) in [4.78, 5) is 4.25. The van der Waals surface area contributed by atoms with E-state index in [4.69, 9.17) is 10.5 Å². The zero-order valence-electron chi connectivity index (χ0n) is 12.2. The summed E-state index contributed by atoms with van der Waals surface area (Å²) in [6.07, 6.45) is 2.91. The maximum absolute atomic E-state index is 5.81. The number of aromatic nitrogens is 1. The largest absolute Gasteiger partial charge is 0.489 e. The van der Waals surface area contributed by atoms with Crippen LogP contribution in [-0.2, 0) is 13.2 Å². The lowest BCUT2D eigenvalue weighted by Gasteiger charge is -2.12. The summed E-state index contributed by atoms with van der Waals surface area (Å²) in [7, 11) is 0. The molecule has 2 aromatic rings. The first-order valence-corrected chi connectivity index (χ1v) is 7.10. The molecule has 2 rings (SSSR count). The van der Waals surface area contributed by atoms with E-state index in [-0.39, 0.29) is 0 Å². The molecule has 0 saturated carbocycles. The molecule has 0 radical (unpaired) electrons. The molecule has 20 heavy (non-hydrogen) atoms. The third kappa shape index (κ3) is 3.58. The fraction of sp³-hybridized carbons (Fsp3) is 0.353. The number of benzene rings is 1. The van der Waals surface area contributed by atoms with Crippen molar-refractivity contribution in [1.29, 1.82) is 0 Å². The molecular weight excluding hydrogens is 248 g/mol. The lowest BCUT2D eigenvalue weighted by molar-refractivity contribution is 0.304. The molecule has 1 aromatic carbocycles. The number of hydrogen-bond acceptors (Lipinski definition) is 3. The zero-order valence-corrected chi connectivity index (χ0v) is 12.2. The Morgan fingerprint density at radius 2 is 1.95 bits per heavy atom. The Balaban J connectivity index is 2.00. The Morgan fingerprint density at radius 3 is 2.60 bits per heavy atom. The van der Waals surface area contributed by atoms with Crippen LogP contribution in [0.1, 0.15) is 43.0 Å². The number of hydrogen-bond donors (Lipinski definition) is 1. The summed E-state index contributed by atoms with van der Waals surface area (Å²) in [6.45, 7) is 5.38. The second-order valence-electron chi connectivity index (χ2n) is 4.98. The first-order chi connectivity index (χ1) is 9.74. The fourth-order valence-electron chi connectivity index (χ4n) is 2.08. The zero-order chi connectivity index (χ0) is 14.4. The highest BCUT2D eigenvalue weighted by Gasteiger charge is 2.05. The van der Waals surface area contributed by atoms with Crippen LogP contribution in [0, 0.1) is 0 Å². The summed E-state index contributed by atoms with van der Waals surface area (Å²) >= 11 is 0. The van der Waals surface area contributed by atoms with Crippen LogP contribution in [0.2, 0.25) is 0 Å². The molecule has 2 N–H and O–H groups in total. The Hall–Kier alpha value is -1.87. The molecule has 0 amide bonds. The van der Waals surface area contributed by atoms with Crippen molar-refractivity contribution in [3.63, 3.8) is 0 Å². The molecular formula is C17H22N2O. The predicted molar refractivity (Wildman–Crippen MR) is 81.6 cm³/mol. The van der Waals surface area contributed by atoms with Gasteiger partial charge in [0.2, 0.25) is 0 Å². The van der Waals surface area contributed by atoms with E-state index in [1.165, 1.54) is 5.56 Å². The van der Waals surface area contributed by atoms with Gasteiger partial charge in [0.25, 0.3) is 0 Å². The van der Waals surface area contributed by atoms with Crippen molar-refractivity contribution in [2.45, 2.75) is 39.3 Å². The number of nitrogens with two attached hydrogens (primary N) is 1. The average Bonchev–Trinajstić information content (AvgIpc) is 2.53. The SMILES string of the molecule is CCC(C)c1ccc(OCc2cccnc2CN)cc1. The summed E-state index contributed by atoms with van der Waals surface area (Å²) in [5.41, 5.74) is 8.96. The summed E-state index contributed by atoms with van der Waals surface area (Å²) in [5, 5.41) is 0. The van der Waals surface area contributed by atoms with Crippen LogP contribution in [0.3, 0.4) is 0 Å². The standard InChI is InChI=1S/C17H22N2O/c1-3-13(2)14-6-8-16(9-7-14)20-12-15-5-4-10-19-17(15)11-18/h4-10,13H,3,11-12,18H2,1-2H3. The first kappa shape index (κ1) is 14.5. The highest BCUT2D eigenvalue weighted by Crippen LogP contribution is 2.22. The van der Waals surface area contributed by atoms with Gasteiger partial charge in [0.1, 0.15) is 12.4 Å². The van der Waals surface area contributed by atoms with Crippen LogP contribution < -0.4 is 10.5 Å². The minimum atomic E-state index is 0.437. The first-order valence-electron chi connectivity index (χ1n) is 7.10. The summed E-state index contributed by atoms with van der Waals surface area (Å²) in [5.74, 6) is 1.47. The maximum Gasteiger partial charge on any atom is 0.119 e. The minimum Gasteiger partial charge on any atom is -0.489 e. The van der Waals surface area contributed by atoms with Gasteiger partial charge in [-0.05, 0) is 36.1 Å². The molecule has 1 unspecified atom stereocenters. The van der Waals surface area contributed by atoms with Gasteiger partial charge in [-0.15, -0.1) is 0 Å². The second kappa shape index (κ2) is 7.06. The van der Waals surface area contributed by atoms with Crippen LogP contribution in [-0.4, -0.2) is 4.98 Å². The van der Waals surface area contributed by atoms with Crippen LogP contribution in [0.4, 0.5) is 0 Å². The van der Waals surface area contributed by atoms with Gasteiger partial charge in [0.15, 0.2) is 0 Å². The highest BCUT2D eigenvalue weighted by molar-refractivity contribution is 5.29. The molecule has 1 atom stereocenters. The molecule has 3 heteroatoms. The average molecular weight is 270 g/mol. The van der Waals surface area contributed by atoms with Crippen molar-refractivity contribution in [1.82, 2.24) is 4.98 Å². The van der Waals surface area contributed by atoms with E-state index in [2.05, 4.69) is 31.0 Å².